The molecule has 1 amide bonds. The summed E-state index contributed by atoms with van der Waals surface area (Å²) in [5.41, 5.74) is 3.21. The minimum absolute atomic E-state index is 0.157. The van der Waals surface area contributed by atoms with Crippen molar-refractivity contribution in [1.29, 1.82) is 0 Å². The number of ether oxygens (including phenoxy) is 2. The van der Waals surface area contributed by atoms with Gasteiger partial charge in [-0.2, -0.15) is 5.10 Å². The highest BCUT2D eigenvalue weighted by atomic mass is 19.1. The molecular formula is C12H15FN2O3. The van der Waals surface area contributed by atoms with Gasteiger partial charge in [-0.3, -0.25) is 0 Å². The van der Waals surface area contributed by atoms with Gasteiger partial charge in [0, 0.05) is 5.56 Å². The maximum Gasteiger partial charge on any atom is 0.427 e. The zero-order valence-electron chi connectivity index (χ0n) is 10.5. The summed E-state index contributed by atoms with van der Waals surface area (Å²) < 4.78 is 22.9. The number of nitrogens with zero attached hydrogens (tertiary/aromatic N) is 1. The number of nitrogens with one attached hydrogen (secondary N) is 1. The SMILES string of the molecule is CCOC(=O)N/N=C(/C)c1ccc(OC)c(F)c1. The van der Waals surface area contributed by atoms with Gasteiger partial charge in [0.2, 0.25) is 0 Å². The Balaban J connectivity index is 2.77. The van der Waals surface area contributed by atoms with Crippen molar-refractivity contribution in [3.8, 4) is 5.75 Å². The summed E-state index contributed by atoms with van der Waals surface area (Å²) in [6.45, 7) is 3.60. The second-order valence-corrected chi connectivity index (χ2v) is 3.38. The van der Waals surface area contributed by atoms with Gasteiger partial charge in [-0.1, -0.05) is 0 Å². The number of hydrazone groups is 1. The summed E-state index contributed by atoms with van der Waals surface area (Å²) >= 11 is 0. The third-order valence-corrected chi connectivity index (χ3v) is 2.16. The van der Waals surface area contributed by atoms with Crippen molar-refractivity contribution in [2.45, 2.75) is 13.8 Å². The van der Waals surface area contributed by atoms with Crippen LogP contribution in [0.3, 0.4) is 0 Å². The molecular weight excluding hydrogens is 239 g/mol. The van der Waals surface area contributed by atoms with E-state index in [9.17, 15) is 9.18 Å². The molecule has 5 nitrogen and oxygen atoms in total. The van der Waals surface area contributed by atoms with Gasteiger partial charge < -0.3 is 9.47 Å². The lowest BCUT2D eigenvalue weighted by molar-refractivity contribution is 0.152. The predicted octanol–water partition coefficient (Wildman–Crippen LogP) is 2.30. The van der Waals surface area contributed by atoms with Crippen molar-refractivity contribution >= 4 is 11.8 Å². The van der Waals surface area contributed by atoms with Crippen molar-refractivity contribution in [3.05, 3.63) is 29.6 Å². The molecule has 0 unspecified atom stereocenters. The van der Waals surface area contributed by atoms with Crippen LogP contribution >= 0.6 is 0 Å². The minimum atomic E-state index is -0.647. The maximum absolute atomic E-state index is 13.4. The molecule has 1 N–H and O–H groups in total. The van der Waals surface area contributed by atoms with E-state index in [0.717, 1.165) is 0 Å². The molecule has 1 rings (SSSR count). The zero-order chi connectivity index (χ0) is 13.5. The Kier molecular flexibility index (Phi) is 5.10. The Labute approximate surface area is 105 Å². The molecule has 0 saturated carbocycles. The molecule has 0 aliphatic carbocycles. The van der Waals surface area contributed by atoms with Gasteiger partial charge in [0.15, 0.2) is 11.6 Å². The van der Waals surface area contributed by atoms with E-state index >= 15 is 0 Å². The van der Waals surface area contributed by atoms with Crippen molar-refractivity contribution in [1.82, 2.24) is 5.43 Å². The molecule has 0 aliphatic heterocycles. The molecule has 18 heavy (non-hydrogen) atoms. The molecule has 0 fully saturated rings. The quantitative estimate of drug-likeness (QED) is 0.662. The van der Waals surface area contributed by atoms with Gasteiger partial charge in [-0.15, -0.1) is 0 Å². The van der Waals surface area contributed by atoms with Crippen LogP contribution < -0.4 is 10.2 Å². The number of carbonyl (C=O) groups excluding carboxylic acids is 1. The van der Waals surface area contributed by atoms with Gasteiger partial charge in [0.05, 0.1) is 19.4 Å². The van der Waals surface area contributed by atoms with Crippen LogP contribution in [-0.4, -0.2) is 25.5 Å². The number of benzene rings is 1. The first kappa shape index (κ1) is 14.0. The molecule has 1 aromatic carbocycles. The molecule has 98 valence electrons. The van der Waals surface area contributed by atoms with E-state index in [1.54, 1.807) is 19.9 Å². The number of hydrogen-bond donors (Lipinski definition) is 1. The third kappa shape index (κ3) is 3.73. The normalized spacial score (nSPS) is 11.0. The lowest BCUT2D eigenvalue weighted by Crippen LogP contribution is -2.20. The molecule has 0 spiro atoms. The number of methoxy groups -OCH3 is 1. The Morgan fingerprint density at radius 3 is 2.78 bits per heavy atom. The van der Waals surface area contributed by atoms with Crippen molar-refractivity contribution < 1.29 is 18.7 Å². The second-order valence-electron chi connectivity index (χ2n) is 3.38. The summed E-state index contributed by atoms with van der Waals surface area (Å²) in [4.78, 5) is 11.0. The highest BCUT2D eigenvalue weighted by molar-refractivity contribution is 5.99. The molecule has 0 aliphatic rings. The molecule has 0 bridgehead atoms. The summed E-state index contributed by atoms with van der Waals surface area (Å²) in [5.74, 6) is -0.328. The largest absolute Gasteiger partial charge is 0.494 e. The number of carbonyl (C=O) groups is 1. The van der Waals surface area contributed by atoms with Gasteiger partial charge in [0.1, 0.15) is 0 Å². The fourth-order valence-electron chi connectivity index (χ4n) is 1.25. The van der Waals surface area contributed by atoms with E-state index in [-0.39, 0.29) is 12.4 Å². The molecule has 0 atom stereocenters. The standard InChI is InChI=1S/C12H15FN2O3/c1-4-18-12(16)15-14-8(2)9-5-6-11(17-3)10(13)7-9/h5-7H,4H2,1-3H3,(H,15,16)/b14-8-. The Bertz CT molecular complexity index is 461. The van der Waals surface area contributed by atoms with E-state index in [2.05, 4.69) is 15.3 Å². The fraction of sp³-hybridized carbons (Fsp3) is 0.333. The van der Waals surface area contributed by atoms with Crippen LogP contribution in [-0.2, 0) is 4.74 Å². The fourth-order valence-corrected chi connectivity index (χ4v) is 1.25. The monoisotopic (exact) mass is 254 g/mol. The summed E-state index contributed by atoms with van der Waals surface area (Å²) in [6, 6.07) is 4.42. The minimum Gasteiger partial charge on any atom is -0.494 e. The summed E-state index contributed by atoms with van der Waals surface area (Å²) in [7, 11) is 1.39. The van der Waals surface area contributed by atoms with Gasteiger partial charge >= 0.3 is 6.09 Å². The molecule has 0 radical (unpaired) electrons. The van der Waals surface area contributed by atoms with E-state index < -0.39 is 11.9 Å². The van der Waals surface area contributed by atoms with Gasteiger partial charge in [-0.05, 0) is 32.0 Å². The number of halogens is 1. The Morgan fingerprint density at radius 1 is 1.50 bits per heavy atom. The van der Waals surface area contributed by atoms with Crippen LogP contribution in [0.4, 0.5) is 9.18 Å². The highest BCUT2D eigenvalue weighted by Gasteiger charge is 2.06. The summed E-state index contributed by atoms with van der Waals surface area (Å²) in [5, 5.41) is 3.79. The van der Waals surface area contributed by atoms with Crippen LogP contribution in [0.2, 0.25) is 0 Å². The molecule has 0 saturated heterocycles. The van der Waals surface area contributed by atoms with Crippen LogP contribution in [0.5, 0.6) is 5.75 Å². The summed E-state index contributed by atoms with van der Waals surface area (Å²) in [6.07, 6.45) is -0.647. The van der Waals surface area contributed by atoms with Crippen molar-refractivity contribution in [2.24, 2.45) is 5.10 Å². The second kappa shape index (κ2) is 6.58. The van der Waals surface area contributed by atoms with Gasteiger partial charge in [-0.25, -0.2) is 14.6 Å². The number of amides is 1. The lowest BCUT2D eigenvalue weighted by Gasteiger charge is -2.05. The Morgan fingerprint density at radius 2 is 2.22 bits per heavy atom. The van der Waals surface area contributed by atoms with Gasteiger partial charge in [0.25, 0.3) is 0 Å². The zero-order valence-corrected chi connectivity index (χ0v) is 10.5. The smallest absolute Gasteiger partial charge is 0.427 e. The topological polar surface area (TPSA) is 59.9 Å². The van der Waals surface area contributed by atoms with E-state index in [4.69, 9.17) is 4.74 Å². The van der Waals surface area contributed by atoms with E-state index in [1.165, 1.54) is 19.2 Å². The average Bonchev–Trinajstić information content (AvgIpc) is 2.36. The van der Waals surface area contributed by atoms with Crippen molar-refractivity contribution in [2.75, 3.05) is 13.7 Å². The molecule has 0 aromatic heterocycles. The van der Waals surface area contributed by atoms with Crippen LogP contribution in [0, 0.1) is 5.82 Å². The molecule has 1 aromatic rings. The first-order valence-corrected chi connectivity index (χ1v) is 5.39. The number of hydrogen-bond acceptors (Lipinski definition) is 4. The van der Waals surface area contributed by atoms with E-state index in [0.29, 0.717) is 11.3 Å². The number of rotatable bonds is 4. The Hall–Kier alpha value is -2.11. The first-order valence-electron chi connectivity index (χ1n) is 5.39. The van der Waals surface area contributed by atoms with Crippen molar-refractivity contribution in [3.63, 3.8) is 0 Å². The van der Waals surface area contributed by atoms with Crippen LogP contribution in [0.1, 0.15) is 19.4 Å². The van der Waals surface area contributed by atoms with Crippen LogP contribution in [0.15, 0.2) is 23.3 Å². The average molecular weight is 254 g/mol. The van der Waals surface area contributed by atoms with Crippen LogP contribution in [0.25, 0.3) is 0 Å². The first-order chi connectivity index (χ1) is 8.58. The highest BCUT2D eigenvalue weighted by Crippen LogP contribution is 2.17. The lowest BCUT2D eigenvalue weighted by atomic mass is 10.1. The predicted molar refractivity (Wildman–Crippen MR) is 65.3 cm³/mol. The maximum atomic E-state index is 13.4. The molecule has 0 heterocycles. The third-order valence-electron chi connectivity index (χ3n) is 2.16. The van der Waals surface area contributed by atoms with E-state index in [1.807, 2.05) is 0 Å². The molecule has 6 heteroatoms.